The molecule has 1 aromatic carbocycles. The van der Waals surface area contributed by atoms with E-state index < -0.39 is 0 Å². The maximum Gasteiger partial charge on any atom is 0.167 e. The third-order valence-corrected chi connectivity index (χ3v) is 2.37. The van der Waals surface area contributed by atoms with Crippen molar-refractivity contribution in [2.24, 2.45) is 5.73 Å². The quantitative estimate of drug-likeness (QED) is 0.716. The predicted octanol–water partition coefficient (Wildman–Crippen LogP) is 1.54. The van der Waals surface area contributed by atoms with Crippen molar-refractivity contribution < 1.29 is 9.90 Å². The van der Waals surface area contributed by atoms with Crippen LogP contribution in [-0.2, 0) is 0 Å². The van der Waals surface area contributed by atoms with E-state index >= 15 is 0 Å². The summed E-state index contributed by atoms with van der Waals surface area (Å²) in [5.41, 5.74) is 7.39. The summed E-state index contributed by atoms with van der Waals surface area (Å²) in [7, 11) is 0. The summed E-state index contributed by atoms with van der Waals surface area (Å²) in [6.45, 7) is 4.00. The SMILES string of the molecule is Cc1ccc(C(=O)CCN)c(O)c1C. The van der Waals surface area contributed by atoms with Gasteiger partial charge in [-0.2, -0.15) is 0 Å². The number of carbonyl (C=O) groups excluding carboxylic acids is 1. The third kappa shape index (κ3) is 1.93. The fraction of sp³-hybridized carbons (Fsp3) is 0.364. The van der Waals surface area contributed by atoms with Gasteiger partial charge < -0.3 is 10.8 Å². The van der Waals surface area contributed by atoms with Gasteiger partial charge in [0, 0.05) is 6.42 Å². The molecule has 0 fully saturated rings. The topological polar surface area (TPSA) is 63.3 Å². The highest BCUT2D eigenvalue weighted by atomic mass is 16.3. The van der Waals surface area contributed by atoms with Crippen LogP contribution in [0, 0.1) is 13.8 Å². The zero-order chi connectivity index (χ0) is 10.7. The third-order valence-electron chi connectivity index (χ3n) is 2.37. The summed E-state index contributed by atoms with van der Waals surface area (Å²) in [5.74, 6) is -0.0171. The Balaban J connectivity index is 3.11. The van der Waals surface area contributed by atoms with Crippen LogP contribution >= 0.6 is 0 Å². The maximum absolute atomic E-state index is 11.5. The minimum atomic E-state index is -0.104. The van der Waals surface area contributed by atoms with Crippen LogP contribution < -0.4 is 5.73 Å². The zero-order valence-electron chi connectivity index (χ0n) is 8.50. The van der Waals surface area contributed by atoms with Gasteiger partial charge in [0.2, 0.25) is 0 Å². The van der Waals surface area contributed by atoms with Crippen LogP contribution in [0.25, 0.3) is 0 Å². The van der Waals surface area contributed by atoms with Crippen molar-refractivity contribution in [3.05, 3.63) is 28.8 Å². The van der Waals surface area contributed by atoms with Crippen LogP contribution in [0.4, 0.5) is 0 Å². The van der Waals surface area contributed by atoms with Gasteiger partial charge in [-0.15, -0.1) is 0 Å². The van der Waals surface area contributed by atoms with Crippen molar-refractivity contribution >= 4 is 5.78 Å². The number of phenols is 1. The number of aromatic hydroxyl groups is 1. The number of aryl methyl sites for hydroxylation is 1. The first-order chi connectivity index (χ1) is 6.57. The first-order valence-electron chi connectivity index (χ1n) is 4.60. The minimum Gasteiger partial charge on any atom is -0.507 e. The highest BCUT2D eigenvalue weighted by molar-refractivity contribution is 5.99. The molecule has 0 heterocycles. The van der Waals surface area contributed by atoms with Gasteiger partial charge in [0.05, 0.1) is 5.56 Å². The largest absolute Gasteiger partial charge is 0.507 e. The molecule has 76 valence electrons. The first-order valence-corrected chi connectivity index (χ1v) is 4.60. The van der Waals surface area contributed by atoms with E-state index in [-0.39, 0.29) is 18.0 Å². The van der Waals surface area contributed by atoms with Crippen molar-refractivity contribution in [1.82, 2.24) is 0 Å². The molecule has 0 aliphatic carbocycles. The van der Waals surface area contributed by atoms with E-state index in [4.69, 9.17) is 5.73 Å². The zero-order valence-corrected chi connectivity index (χ0v) is 8.50. The van der Waals surface area contributed by atoms with Crippen molar-refractivity contribution in [3.63, 3.8) is 0 Å². The molecule has 3 nitrogen and oxygen atoms in total. The number of ketones is 1. The lowest BCUT2D eigenvalue weighted by Gasteiger charge is -2.07. The van der Waals surface area contributed by atoms with Crippen molar-refractivity contribution in [2.45, 2.75) is 20.3 Å². The molecular weight excluding hydrogens is 178 g/mol. The van der Waals surface area contributed by atoms with E-state index in [1.54, 1.807) is 13.0 Å². The number of phenolic OH excluding ortho intramolecular Hbond substituents is 1. The van der Waals surface area contributed by atoms with Crippen LogP contribution in [0.15, 0.2) is 12.1 Å². The molecule has 0 atom stereocenters. The monoisotopic (exact) mass is 193 g/mol. The number of hydrogen-bond donors (Lipinski definition) is 2. The van der Waals surface area contributed by atoms with E-state index in [1.165, 1.54) is 0 Å². The molecule has 0 spiro atoms. The van der Waals surface area contributed by atoms with Gasteiger partial charge in [0.25, 0.3) is 0 Å². The Hall–Kier alpha value is -1.35. The van der Waals surface area contributed by atoms with E-state index in [0.29, 0.717) is 12.1 Å². The van der Waals surface area contributed by atoms with E-state index in [1.807, 2.05) is 13.0 Å². The Morgan fingerprint density at radius 3 is 2.64 bits per heavy atom. The Labute approximate surface area is 83.6 Å². The van der Waals surface area contributed by atoms with Crippen LogP contribution in [-0.4, -0.2) is 17.4 Å². The predicted molar refractivity (Wildman–Crippen MR) is 55.6 cm³/mol. The molecule has 1 aromatic rings. The van der Waals surface area contributed by atoms with Crippen LogP contribution in [0.2, 0.25) is 0 Å². The molecule has 0 amide bonds. The number of nitrogens with two attached hydrogens (primary N) is 1. The molecule has 0 aromatic heterocycles. The summed E-state index contributed by atoms with van der Waals surface area (Å²) >= 11 is 0. The molecular formula is C11H15NO2. The first kappa shape index (κ1) is 10.7. The summed E-state index contributed by atoms with van der Waals surface area (Å²) in [6.07, 6.45) is 0.274. The van der Waals surface area contributed by atoms with Gasteiger partial charge in [-0.05, 0) is 37.6 Å². The average Bonchev–Trinajstić information content (AvgIpc) is 2.15. The molecule has 0 bridgehead atoms. The summed E-state index contributed by atoms with van der Waals surface area (Å²) in [4.78, 5) is 11.5. The summed E-state index contributed by atoms with van der Waals surface area (Å²) in [6, 6.07) is 3.48. The Morgan fingerprint density at radius 1 is 1.43 bits per heavy atom. The molecule has 0 unspecified atom stereocenters. The van der Waals surface area contributed by atoms with Crippen LogP contribution in [0.3, 0.4) is 0 Å². The summed E-state index contributed by atoms with van der Waals surface area (Å²) < 4.78 is 0. The van der Waals surface area contributed by atoms with Crippen LogP contribution in [0.1, 0.15) is 27.9 Å². The minimum absolute atomic E-state index is 0.0865. The fourth-order valence-electron chi connectivity index (χ4n) is 1.29. The molecule has 14 heavy (non-hydrogen) atoms. The van der Waals surface area contributed by atoms with Crippen molar-refractivity contribution in [1.29, 1.82) is 0 Å². The van der Waals surface area contributed by atoms with Gasteiger partial charge >= 0.3 is 0 Å². The maximum atomic E-state index is 11.5. The van der Waals surface area contributed by atoms with Gasteiger partial charge in [0.15, 0.2) is 5.78 Å². The normalized spacial score (nSPS) is 10.2. The lowest BCUT2D eigenvalue weighted by Crippen LogP contribution is -2.08. The molecule has 0 radical (unpaired) electrons. The molecule has 0 aliphatic rings. The smallest absolute Gasteiger partial charge is 0.167 e. The Morgan fingerprint density at radius 2 is 2.07 bits per heavy atom. The number of carbonyl (C=O) groups is 1. The standard InChI is InChI=1S/C11H15NO2/c1-7-3-4-9(10(13)5-6-12)11(14)8(7)2/h3-4,14H,5-6,12H2,1-2H3. The number of hydrogen-bond acceptors (Lipinski definition) is 3. The molecule has 0 saturated carbocycles. The lowest BCUT2D eigenvalue weighted by atomic mass is 10.0. The lowest BCUT2D eigenvalue weighted by molar-refractivity contribution is 0.0982. The van der Waals surface area contributed by atoms with Crippen molar-refractivity contribution in [2.75, 3.05) is 6.54 Å². The van der Waals surface area contributed by atoms with Gasteiger partial charge in [-0.3, -0.25) is 4.79 Å². The van der Waals surface area contributed by atoms with Crippen molar-refractivity contribution in [3.8, 4) is 5.75 Å². The number of Topliss-reactive ketones (excluding diaryl/α,β-unsaturated/α-hetero) is 1. The highest BCUT2D eigenvalue weighted by Crippen LogP contribution is 2.25. The van der Waals surface area contributed by atoms with Gasteiger partial charge in [0.1, 0.15) is 5.75 Å². The molecule has 0 saturated heterocycles. The van der Waals surface area contributed by atoms with Crippen LogP contribution in [0.5, 0.6) is 5.75 Å². The fourth-order valence-corrected chi connectivity index (χ4v) is 1.29. The molecule has 3 heteroatoms. The van der Waals surface area contributed by atoms with Gasteiger partial charge in [-0.25, -0.2) is 0 Å². The van der Waals surface area contributed by atoms with E-state index in [9.17, 15) is 9.90 Å². The molecule has 3 N–H and O–H groups in total. The number of rotatable bonds is 3. The highest BCUT2D eigenvalue weighted by Gasteiger charge is 2.12. The number of benzene rings is 1. The Bertz CT molecular complexity index is 359. The molecule has 0 aliphatic heterocycles. The second kappa shape index (κ2) is 4.24. The van der Waals surface area contributed by atoms with E-state index in [0.717, 1.165) is 11.1 Å². The van der Waals surface area contributed by atoms with E-state index in [2.05, 4.69) is 0 Å². The summed E-state index contributed by atoms with van der Waals surface area (Å²) in [5, 5.41) is 9.71. The molecule has 1 rings (SSSR count). The Kier molecular flexibility index (Phi) is 3.25. The average molecular weight is 193 g/mol. The van der Waals surface area contributed by atoms with Gasteiger partial charge in [-0.1, -0.05) is 6.07 Å². The second-order valence-electron chi connectivity index (χ2n) is 3.37. The second-order valence-corrected chi connectivity index (χ2v) is 3.37.